The van der Waals surface area contributed by atoms with Gasteiger partial charge in [0.2, 0.25) is 0 Å². The fraction of sp³-hybridized carbons (Fsp3) is 0.118. The van der Waals surface area contributed by atoms with Crippen molar-refractivity contribution in [3.63, 3.8) is 0 Å². The van der Waals surface area contributed by atoms with Crippen molar-refractivity contribution in [2.24, 2.45) is 4.99 Å². The van der Waals surface area contributed by atoms with E-state index >= 15 is 0 Å². The first-order chi connectivity index (χ1) is 21.4. The van der Waals surface area contributed by atoms with E-state index < -0.39 is 11.0 Å². The highest BCUT2D eigenvalue weighted by atomic mass is 35.5. The number of benzene rings is 4. The Balaban J connectivity index is 1.32. The number of aromatic nitrogens is 1. The minimum Gasteiger partial charge on any atom is -0.489 e. The second kappa shape index (κ2) is 11.5. The van der Waals surface area contributed by atoms with Gasteiger partial charge >= 0.3 is 0 Å². The first-order valence-corrected chi connectivity index (χ1v) is 15.5. The second-order valence-electron chi connectivity index (χ2n) is 10.6. The van der Waals surface area contributed by atoms with Gasteiger partial charge in [0.25, 0.3) is 11.2 Å². The largest absolute Gasteiger partial charge is 0.489 e. The molecule has 4 aromatic carbocycles. The van der Waals surface area contributed by atoms with E-state index in [1.807, 2.05) is 54.6 Å². The molecule has 44 heavy (non-hydrogen) atoms. The SMILES string of the molecule is O=c1/c(=C\c2cccc(OCc3ccc(Cl)cc3Cl)c2)sc2n1[C@@H](c1cccc([N+](=O)[O-])c1)C1=C(N=2)c2ccccc2CC1. The van der Waals surface area contributed by atoms with E-state index in [9.17, 15) is 14.9 Å². The number of ether oxygens (including phenoxy) is 1. The Morgan fingerprint density at radius 2 is 1.84 bits per heavy atom. The number of hydrogen-bond donors (Lipinski definition) is 0. The van der Waals surface area contributed by atoms with Crippen LogP contribution in [0.2, 0.25) is 10.0 Å². The predicted molar refractivity (Wildman–Crippen MR) is 173 cm³/mol. The van der Waals surface area contributed by atoms with Crippen LogP contribution in [0.25, 0.3) is 11.8 Å². The number of rotatable bonds is 6. The Labute approximate surface area is 265 Å². The molecule has 0 saturated heterocycles. The van der Waals surface area contributed by atoms with E-state index in [0.29, 0.717) is 37.1 Å². The molecule has 5 aromatic rings. The monoisotopic (exact) mass is 639 g/mol. The zero-order valence-corrected chi connectivity index (χ0v) is 25.4. The van der Waals surface area contributed by atoms with Gasteiger partial charge in [-0.3, -0.25) is 19.5 Å². The van der Waals surface area contributed by atoms with Gasteiger partial charge in [-0.15, -0.1) is 0 Å². The van der Waals surface area contributed by atoms with E-state index in [2.05, 4.69) is 12.1 Å². The van der Waals surface area contributed by atoms with Crippen molar-refractivity contribution >= 4 is 52.0 Å². The summed E-state index contributed by atoms with van der Waals surface area (Å²) >= 11 is 13.6. The lowest BCUT2D eigenvalue weighted by molar-refractivity contribution is -0.384. The van der Waals surface area contributed by atoms with Gasteiger partial charge in [-0.25, -0.2) is 4.99 Å². The van der Waals surface area contributed by atoms with Crippen LogP contribution < -0.4 is 19.6 Å². The number of aryl methyl sites for hydroxylation is 1. The number of halogens is 2. The summed E-state index contributed by atoms with van der Waals surface area (Å²) < 4.78 is 8.19. The molecule has 0 spiro atoms. The molecule has 1 aliphatic heterocycles. The van der Waals surface area contributed by atoms with Crippen molar-refractivity contribution in [3.8, 4) is 5.75 Å². The molecule has 0 amide bonds. The lowest BCUT2D eigenvalue weighted by Crippen LogP contribution is -2.38. The molecule has 7 rings (SSSR count). The molecule has 10 heteroatoms. The summed E-state index contributed by atoms with van der Waals surface area (Å²) in [6, 6.07) is 26.9. The van der Waals surface area contributed by atoms with E-state index in [0.717, 1.165) is 34.4 Å². The molecule has 2 heterocycles. The summed E-state index contributed by atoms with van der Waals surface area (Å²) in [4.78, 5) is 30.9. The molecule has 0 saturated carbocycles. The number of hydrogen-bond acceptors (Lipinski definition) is 6. The first-order valence-electron chi connectivity index (χ1n) is 13.9. The van der Waals surface area contributed by atoms with Crippen molar-refractivity contribution in [3.05, 3.63) is 164 Å². The molecule has 0 bridgehead atoms. The molecular weight excluding hydrogens is 617 g/mol. The van der Waals surface area contributed by atoms with E-state index in [1.165, 1.54) is 23.0 Å². The average molecular weight is 641 g/mol. The first kappa shape index (κ1) is 28.3. The van der Waals surface area contributed by atoms with Crippen molar-refractivity contribution in [1.82, 2.24) is 4.57 Å². The quantitative estimate of drug-likeness (QED) is 0.146. The van der Waals surface area contributed by atoms with Gasteiger partial charge in [0.15, 0.2) is 4.80 Å². The van der Waals surface area contributed by atoms with Crippen LogP contribution in [0.3, 0.4) is 0 Å². The molecule has 0 N–H and O–H groups in total. The highest BCUT2D eigenvalue weighted by molar-refractivity contribution is 7.07. The summed E-state index contributed by atoms with van der Waals surface area (Å²) in [7, 11) is 0. The number of non-ortho nitro benzene ring substituents is 1. The number of nitrogens with zero attached hydrogens (tertiary/aromatic N) is 3. The summed E-state index contributed by atoms with van der Waals surface area (Å²) in [5.74, 6) is 0.624. The zero-order chi connectivity index (χ0) is 30.4. The lowest BCUT2D eigenvalue weighted by Gasteiger charge is -2.30. The Hall–Kier alpha value is -4.50. The minimum absolute atomic E-state index is 0.0170. The van der Waals surface area contributed by atoms with Crippen molar-refractivity contribution in [2.75, 3.05) is 0 Å². The molecule has 218 valence electrons. The van der Waals surface area contributed by atoms with Gasteiger partial charge in [0.05, 0.1) is 21.2 Å². The standard InChI is InChI=1S/C34H23Cl2N3O4S/c35-24-13-11-23(29(36)18-24)19-43-26-9-3-5-20(15-26)16-30-33(40)38-32(22-7-4-8-25(17-22)39(41)42)28-14-12-21-6-1-2-10-27(21)31(28)37-34(38)44-30/h1-11,13,15-18,32H,12,14,19H2/b30-16+/t32-/m0/s1. The van der Waals surface area contributed by atoms with Crippen LogP contribution in [0.1, 0.15) is 40.3 Å². The van der Waals surface area contributed by atoms with Crippen LogP contribution in [0.4, 0.5) is 5.69 Å². The Kier molecular flexibility index (Phi) is 7.42. The third-order valence-corrected chi connectivity index (χ3v) is 9.40. The summed E-state index contributed by atoms with van der Waals surface area (Å²) in [5.41, 5.74) is 6.12. The third kappa shape index (κ3) is 5.26. The van der Waals surface area contributed by atoms with Gasteiger partial charge in [-0.2, -0.15) is 0 Å². The maximum absolute atomic E-state index is 14.1. The average Bonchev–Trinajstić information content (AvgIpc) is 3.33. The Morgan fingerprint density at radius 3 is 2.68 bits per heavy atom. The van der Waals surface area contributed by atoms with Crippen LogP contribution in [0.5, 0.6) is 5.75 Å². The fourth-order valence-corrected chi connectivity index (χ4v) is 7.24. The Bertz CT molecular complexity index is 2190. The van der Waals surface area contributed by atoms with Crippen LogP contribution in [-0.2, 0) is 13.0 Å². The fourth-order valence-electron chi connectivity index (χ4n) is 5.78. The summed E-state index contributed by atoms with van der Waals surface area (Å²) in [6.45, 7) is 0.262. The van der Waals surface area contributed by atoms with E-state index in [4.69, 9.17) is 32.9 Å². The van der Waals surface area contributed by atoms with Gasteiger partial charge in [0, 0.05) is 33.3 Å². The Morgan fingerprint density at radius 1 is 1.00 bits per heavy atom. The molecule has 0 unspecified atom stereocenters. The summed E-state index contributed by atoms with van der Waals surface area (Å²) in [6.07, 6.45) is 3.32. The lowest BCUT2D eigenvalue weighted by atomic mass is 9.83. The topological polar surface area (TPSA) is 86.7 Å². The highest BCUT2D eigenvalue weighted by Crippen LogP contribution is 2.41. The molecule has 0 radical (unpaired) electrons. The van der Waals surface area contributed by atoms with Crippen molar-refractivity contribution in [2.45, 2.75) is 25.5 Å². The normalized spacial score (nSPS) is 15.7. The number of nitro groups is 1. The summed E-state index contributed by atoms with van der Waals surface area (Å²) in [5, 5.41) is 12.8. The molecular formula is C34H23Cl2N3O4S. The van der Waals surface area contributed by atoms with E-state index in [-0.39, 0.29) is 17.9 Å². The maximum atomic E-state index is 14.1. The smallest absolute Gasteiger partial charge is 0.271 e. The molecule has 1 aliphatic carbocycles. The number of thiazole rings is 1. The van der Waals surface area contributed by atoms with Crippen LogP contribution in [-0.4, -0.2) is 9.49 Å². The van der Waals surface area contributed by atoms with Crippen LogP contribution in [0.15, 0.2) is 106 Å². The third-order valence-electron chi connectivity index (χ3n) is 7.84. The molecule has 1 atom stereocenters. The van der Waals surface area contributed by atoms with Crippen molar-refractivity contribution in [1.29, 1.82) is 0 Å². The maximum Gasteiger partial charge on any atom is 0.271 e. The minimum atomic E-state index is -0.504. The van der Waals surface area contributed by atoms with Crippen molar-refractivity contribution < 1.29 is 9.66 Å². The number of fused-ring (bicyclic) bond motifs is 3. The van der Waals surface area contributed by atoms with Crippen LogP contribution >= 0.6 is 34.5 Å². The predicted octanol–water partition coefficient (Wildman–Crippen LogP) is 7.11. The molecule has 0 fully saturated rings. The zero-order valence-electron chi connectivity index (χ0n) is 23.1. The molecule has 7 nitrogen and oxygen atoms in total. The highest BCUT2D eigenvalue weighted by Gasteiger charge is 2.33. The number of nitro benzene ring substituents is 1. The van der Waals surface area contributed by atoms with Gasteiger partial charge in [0.1, 0.15) is 12.4 Å². The number of allylic oxidation sites excluding steroid dienone is 1. The molecule has 2 aliphatic rings. The van der Waals surface area contributed by atoms with Crippen LogP contribution in [0, 0.1) is 10.1 Å². The molecule has 1 aromatic heterocycles. The van der Waals surface area contributed by atoms with Gasteiger partial charge in [-0.1, -0.05) is 89.1 Å². The van der Waals surface area contributed by atoms with Gasteiger partial charge < -0.3 is 4.74 Å². The van der Waals surface area contributed by atoms with E-state index in [1.54, 1.807) is 28.8 Å². The van der Waals surface area contributed by atoms with Gasteiger partial charge in [-0.05, 0) is 65.4 Å². The second-order valence-corrected chi connectivity index (χ2v) is 12.4.